The fraction of sp³-hybridized carbons (Fsp3) is 0.556. The lowest BCUT2D eigenvalue weighted by atomic mass is 10.4. The highest BCUT2D eigenvalue weighted by atomic mass is 79.9. The van der Waals surface area contributed by atoms with Crippen molar-refractivity contribution >= 4 is 27.7 Å². The van der Waals surface area contributed by atoms with E-state index in [9.17, 15) is 0 Å². The Kier molecular flexibility index (Phi) is 3.92. The summed E-state index contributed by atoms with van der Waals surface area (Å²) in [4.78, 5) is 10.5. The largest absolute Gasteiger partial charge is 0.380 e. The topological polar surface area (TPSA) is 76.3 Å². The van der Waals surface area contributed by atoms with Gasteiger partial charge in [0.05, 0.1) is 11.1 Å². The van der Waals surface area contributed by atoms with Crippen LogP contribution in [-0.2, 0) is 4.74 Å². The molecule has 1 fully saturated rings. The van der Waals surface area contributed by atoms with Crippen molar-refractivity contribution in [1.82, 2.24) is 9.97 Å². The molecule has 0 aliphatic carbocycles. The Morgan fingerprint density at radius 1 is 1.44 bits per heavy atom. The highest BCUT2D eigenvalue weighted by Gasteiger charge is 2.15. The first-order valence-electron chi connectivity index (χ1n) is 5.13. The molecule has 88 valence electrons. The molecule has 0 saturated carbocycles. The Labute approximate surface area is 102 Å². The number of nitrogens with two attached hydrogens (primary N) is 1. The van der Waals surface area contributed by atoms with Crippen LogP contribution in [0.4, 0.5) is 11.8 Å². The van der Waals surface area contributed by atoms with Gasteiger partial charge in [0.2, 0.25) is 5.95 Å². The quantitative estimate of drug-likeness (QED) is 0.618. The van der Waals surface area contributed by atoms with E-state index in [0.29, 0.717) is 5.95 Å². The zero-order chi connectivity index (χ0) is 11.4. The normalized spacial score (nSPS) is 17.0. The number of hydrazine groups is 1. The Bertz CT molecular complexity index is 354. The molecule has 0 radical (unpaired) electrons. The number of aromatic nitrogens is 2. The molecule has 1 aliphatic heterocycles. The summed E-state index contributed by atoms with van der Waals surface area (Å²) in [6.45, 7) is 3.29. The van der Waals surface area contributed by atoms with Crippen molar-refractivity contribution < 1.29 is 4.74 Å². The molecule has 0 amide bonds. The van der Waals surface area contributed by atoms with Gasteiger partial charge >= 0.3 is 0 Å². The molecule has 0 unspecified atom stereocenters. The molecule has 16 heavy (non-hydrogen) atoms. The molecule has 6 nitrogen and oxygen atoms in total. The Morgan fingerprint density at radius 2 is 2.31 bits per heavy atom. The minimum atomic E-state index is 0.420. The predicted octanol–water partition coefficient (Wildman–Crippen LogP) is 0.751. The van der Waals surface area contributed by atoms with Crippen molar-refractivity contribution in [3.8, 4) is 0 Å². The summed E-state index contributed by atoms with van der Waals surface area (Å²) < 4.78 is 6.27. The third-order valence-corrected chi connectivity index (χ3v) is 2.94. The standard InChI is InChI=1S/C9H14BrN5O/c10-7-6-12-9(14-11)13-8(7)15-2-1-4-16-5-3-15/h6H,1-5,11H2,(H,12,13,14). The fourth-order valence-electron chi connectivity index (χ4n) is 1.61. The summed E-state index contributed by atoms with van der Waals surface area (Å²) in [6, 6.07) is 0. The maximum absolute atomic E-state index is 5.40. The Balaban J connectivity index is 2.22. The second-order valence-corrected chi connectivity index (χ2v) is 4.32. The van der Waals surface area contributed by atoms with Crippen LogP contribution in [0.15, 0.2) is 10.7 Å². The van der Waals surface area contributed by atoms with Gasteiger partial charge in [-0.1, -0.05) is 0 Å². The van der Waals surface area contributed by atoms with Crippen LogP contribution in [0.25, 0.3) is 0 Å². The fourth-order valence-corrected chi connectivity index (χ4v) is 2.05. The smallest absolute Gasteiger partial charge is 0.239 e. The number of hydrogen-bond donors (Lipinski definition) is 2. The van der Waals surface area contributed by atoms with E-state index in [-0.39, 0.29) is 0 Å². The van der Waals surface area contributed by atoms with Crippen molar-refractivity contribution in [2.24, 2.45) is 5.84 Å². The molecule has 0 aromatic carbocycles. The summed E-state index contributed by atoms with van der Waals surface area (Å²) in [5.41, 5.74) is 2.45. The van der Waals surface area contributed by atoms with E-state index in [2.05, 4.69) is 36.2 Å². The summed E-state index contributed by atoms with van der Waals surface area (Å²) in [6.07, 6.45) is 2.70. The molecule has 0 atom stereocenters. The molecule has 7 heteroatoms. The van der Waals surface area contributed by atoms with Crippen LogP contribution in [0.3, 0.4) is 0 Å². The average Bonchev–Trinajstić information content (AvgIpc) is 2.58. The molecule has 3 N–H and O–H groups in total. The van der Waals surface area contributed by atoms with E-state index in [1.165, 1.54) is 0 Å². The number of ether oxygens (including phenoxy) is 1. The van der Waals surface area contributed by atoms with Gasteiger partial charge < -0.3 is 9.64 Å². The summed E-state index contributed by atoms with van der Waals surface area (Å²) in [5.74, 6) is 6.57. The molecule has 0 spiro atoms. The Morgan fingerprint density at radius 3 is 3.12 bits per heavy atom. The van der Waals surface area contributed by atoms with Crippen LogP contribution >= 0.6 is 15.9 Å². The van der Waals surface area contributed by atoms with Gasteiger partial charge in [0.25, 0.3) is 0 Å². The first kappa shape index (κ1) is 11.6. The number of nitrogens with zero attached hydrogens (tertiary/aromatic N) is 3. The molecule has 1 saturated heterocycles. The number of anilines is 2. The summed E-state index contributed by atoms with van der Waals surface area (Å²) in [5, 5.41) is 0. The molecule has 2 heterocycles. The molecular formula is C9H14BrN5O. The molecule has 1 aromatic heterocycles. The molecule has 2 rings (SSSR count). The second-order valence-electron chi connectivity index (χ2n) is 3.46. The van der Waals surface area contributed by atoms with Crippen LogP contribution in [0.1, 0.15) is 6.42 Å². The highest BCUT2D eigenvalue weighted by molar-refractivity contribution is 9.10. The van der Waals surface area contributed by atoms with Gasteiger partial charge in [-0.25, -0.2) is 10.8 Å². The van der Waals surface area contributed by atoms with Crippen molar-refractivity contribution in [2.75, 3.05) is 36.6 Å². The third-order valence-electron chi connectivity index (χ3n) is 2.38. The summed E-state index contributed by atoms with van der Waals surface area (Å²) in [7, 11) is 0. The number of hydrogen-bond acceptors (Lipinski definition) is 6. The third kappa shape index (κ3) is 2.60. The van der Waals surface area contributed by atoms with E-state index in [0.717, 1.165) is 43.0 Å². The first-order valence-corrected chi connectivity index (χ1v) is 5.92. The van der Waals surface area contributed by atoms with E-state index >= 15 is 0 Å². The molecule has 1 aliphatic rings. The zero-order valence-electron chi connectivity index (χ0n) is 8.82. The van der Waals surface area contributed by atoms with E-state index < -0.39 is 0 Å². The van der Waals surface area contributed by atoms with E-state index in [1.807, 2.05) is 0 Å². The van der Waals surface area contributed by atoms with E-state index in [4.69, 9.17) is 10.6 Å². The number of nitrogen functional groups attached to an aromatic ring is 1. The van der Waals surface area contributed by atoms with Gasteiger partial charge in [0.1, 0.15) is 5.82 Å². The number of nitrogens with one attached hydrogen (secondary N) is 1. The maximum Gasteiger partial charge on any atom is 0.239 e. The summed E-state index contributed by atoms with van der Waals surface area (Å²) >= 11 is 3.44. The van der Waals surface area contributed by atoms with Gasteiger partial charge in [-0.3, -0.25) is 5.43 Å². The van der Waals surface area contributed by atoms with Crippen LogP contribution in [-0.4, -0.2) is 36.3 Å². The molecule has 0 bridgehead atoms. The lowest BCUT2D eigenvalue weighted by Gasteiger charge is -2.21. The van der Waals surface area contributed by atoms with Gasteiger partial charge in [0.15, 0.2) is 0 Å². The number of halogens is 1. The molecule has 1 aromatic rings. The highest BCUT2D eigenvalue weighted by Crippen LogP contribution is 2.24. The minimum absolute atomic E-state index is 0.420. The van der Waals surface area contributed by atoms with E-state index in [1.54, 1.807) is 6.20 Å². The van der Waals surface area contributed by atoms with Crippen LogP contribution in [0.5, 0.6) is 0 Å². The van der Waals surface area contributed by atoms with Crippen molar-refractivity contribution in [3.05, 3.63) is 10.7 Å². The zero-order valence-corrected chi connectivity index (χ0v) is 10.4. The van der Waals surface area contributed by atoms with Crippen LogP contribution < -0.4 is 16.2 Å². The second kappa shape index (κ2) is 5.42. The number of rotatable bonds is 2. The Hall–Kier alpha value is -0.920. The maximum atomic E-state index is 5.40. The lowest BCUT2D eigenvalue weighted by Crippen LogP contribution is -2.27. The van der Waals surface area contributed by atoms with Crippen molar-refractivity contribution in [3.63, 3.8) is 0 Å². The van der Waals surface area contributed by atoms with Crippen molar-refractivity contribution in [2.45, 2.75) is 6.42 Å². The minimum Gasteiger partial charge on any atom is -0.380 e. The van der Waals surface area contributed by atoms with Gasteiger partial charge in [-0.2, -0.15) is 4.98 Å². The van der Waals surface area contributed by atoms with Crippen LogP contribution in [0.2, 0.25) is 0 Å². The van der Waals surface area contributed by atoms with Gasteiger partial charge in [-0.05, 0) is 22.4 Å². The SMILES string of the molecule is NNc1ncc(Br)c(N2CCCOCC2)n1. The van der Waals surface area contributed by atoms with Gasteiger partial charge in [-0.15, -0.1) is 0 Å². The molecular weight excluding hydrogens is 274 g/mol. The lowest BCUT2D eigenvalue weighted by molar-refractivity contribution is 0.152. The monoisotopic (exact) mass is 287 g/mol. The first-order chi connectivity index (χ1) is 7.81. The average molecular weight is 288 g/mol. The van der Waals surface area contributed by atoms with Crippen LogP contribution in [0, 0.1) is 0 Å². The predicted molar refractivity (Wildman–Crippen MR) is 65.2 cm³/mol. The van der Waals surface area contributed by atoms with Crippen molar-refractivity contribution in [1.29, 1.82) is 0 Å². The van der Waals surface area contributed by atoms with Gasteiger partial charge in [0, 0.05) is 25.9 Å².